The quantitative estimate of drug-likeness (QED) is 0.228. The van der Waals surface area contributed by atoms with E-state index < -0.39 is 5.60 Å². The van der Waals surface area contributed by atoms with E-state index in [1.807, 2.05) is 20.2 Å². The summed E-state index contributed by atoms with van der Waals surface area (Å²) in [6.45, 7) is 98.4. The smallest absolute Gasteiger partial charge is 0.181 e. The normalized spacial score (nSPS) is 18.2. The number of imidazole rings is 1. The van der Waals surface area contributed by atoms with E-state index in [9.17, 15) is 9.90 Å². The molecule has 0 fully saturated rings. The first kappa shape index (κ1) is 93.2. The van der Waals surface area contributed by atoms with E-state index in [0.717, 1.165) is 63.7 Å². The van der Waals surface area contributed by atoms with Gasteiger partial charge in [-0.25, -0.2) is 9.97 Å². The van der Waals surface area contributed by atoms with E-state index in [1.165, 1.54) is 41.1 Å². The van der Waals surface area contributed by atoms with Crippen LogP contribution in [-0.2, 0) is 68.0 Å². The highest BCUT2D eigenvalue weighted by Gasteiger charge is 2.44. The van der Waals surface area contributed by atoms with Gasteiger partial charge in [0.2, 0.25) is 0 Å². The second kappa shape index (κ2) is 33.1. The molecule has 0 spiro atoms. The Morgan fingerprint density at radius 2 is 0.820 bits per heavy atom. The molecule has 4 aliphatic rings. The Morgan fingerprint density at radius 3 is 1.12 bits per heavy atom. The molecule has 578 valence electrons. The van der Waals surface area contributed by atoms with E-state index in [4.69, 9.17) is 32.6 Å². The van der Waals surface area contributed by atoms with Gasteiger partial charge in [0, 0.05) is 96.4 Å². The minimum atomic E-state index is -0.737. The molecule has 0 aliphatic carbocycles. The van der Waals surface area contributed by atoms with Gasteiger partial charge in [-0.15, -0.1) is 0 Å². The second-order valence-corrected chi connectivity index (χ2v) is 43.0. The lowest BCUT2D eigenvalue weighted by Crippen LogP contribution is -2.42. The van der Waals surface area contributed by atoms with Crippen LogP contribution >= 0.6 is 0 Å². The van der Waals surface area contributed by atoms with Crippen LogP contribution in [0, 0.1) is 50.2 Å². The van der Waals surface area contributed by atoms with Gasteiger partial charge in [0.25, 0.3) is 0 Å². The van der Waals surface area contributed by atoms with Gasteiger partial charge in [0.1, 0.15) is 53.5 Å². The van der Waals surface area contributed by atoms with Gasteiger partial charge < -0.3 is 42.3 Å². The molecule has 100 heavy (non-hydrogen) atoms. The fourth-order valence-electron chi connectivity index (χ4n) is 12.9. The number of ketones is 1. The average molecular weight is 1400 g/mol. The fraction of sp³-hybridized carbons (Fsp3) is 0.793. The van der Waals surface area contributed by atoms with E-state index in [0.29, 0.717) is 39.3 Å². The number of oxazole rings is 1. The molecule has 7 heterocycles. The lowest BCUT2D eigenvalue weighted by Gasteiger charge is -2.43. The standard InChI is InChI=1S/C14H26O2.C13H22O2.C13H24O.C12H22N2.C12H21NO.C12H22O2.C11H19NO/c1-12(2,3)10-11(13(4,5)6)16-9-8-14(10,7)15;1-12(2,3)10-9(14)7-8-15-11(10)13(4,5)6;1-12(2,3)10-8-7-9-14-11(10)13(4,5)6;1-11(2,3)9-10(12(4,5)6)14(7)8-13-9;1-8-9(11(2,3)4)10(14-13-8)12(5,6)7;1-11(2,3)9-10(12(4,5)6)14-8-7-13-9;1-10(2,3)8-9(11(4,5)6)13-7-12-8/h15H,8-9H2,1-7H3;7-8H2,1-6H3;7-9H2,1-6H3;8H,1-7H3;1-7H3;7-8H2,1-6H3;7H,1-6H3. The predicted molar refractivity (Wildman–Crippen MR) is 421 cm³/mol. The third-order valence-corrected chi connectivity index (χ3v) is 17.0. The van der Waals surface area contributed by atoms with Gasteiger partial charge in [-0.2, -0.15) is 0 Å². The molecular formula is C87H156N4O9. The number of aryl methyl sites for hydroxylation is 2. The van der Waals surface area contributed by atoms with Crippen molar-refractivity contribution in [2.75, 3.05) is 33.0 Å². The monoisotopic (exact) mass is 1400 g/mol. The summed E-state index contributed by atoms with van der Waals surface area (Å²) in [6, 6.07) is 0. The molecule has 1 N–H and O–H groups in total. The zero-order chi connectivity index (χ0) is 79.2. The molecule has 3 aromatic heterocycles. The Labute approximate surface area is 614 Å². The molecule has 7 rings (SSSR count). The first-order valence-electron chi connectivity index (χ1n) is 37.4. The molecule has 0 bridgehead atoms. The van der Waals surface area contributed by atoms with Crippen molar-refractivity contribution in [1.82, 2.24) is 19.7 Å². The number of carbonyl (C=O) groups excluding carboxylic acids is 1. The summed E-state index contributed by atoms with van der Waals surface area (Å²) < 4.78 is 41.9. The summed E-state index contributed by atoms with van der Waals surface area (Å²) >= 11 is 0. The van der Waals surface area contributed by atoms with Gasteiger partial charge in [-0.05, 0) is 53.9 Å². The van der Waals surface area contributed by atoms with Crippen LogP contribution in [0.4, 0.5) is 0 Å². The van der Waals surface area contributed by atoms with Crippen LogP contribution in [0.25, 0.3) is 0 Å². The summed E-state index contributed by atoms with van der Waals surface area (Å²) in [6.07, 6.45) is 7.04. The maximum Gasteiger partial charge on any atom is 0.181 e. The Kier molecular flexibility index (Phi) is 30.9. The molecule has 0 aromatic carbocycles. The number of hydrogen-bond acceptors (Lipinski definition) is 12. The maximum absolute atomic E-state index is 12.0. The molecule has 0 saturated heterocycles. The summed E-state index contributed by atoms with van der Waals surface area (Å²) in [5, 5.41) is 14.6. The van der Waals surface area contributed by atoms with E-state index >= 15 is 0 Å². The van der Waals surface area contributed by atoms with Crippen LogP contribution in [-0.4, -0.2) is 69.2 Å². The van der Waals surface area contributed by atoms with Crippen LogP contribution in [0.15, 0.2) is 67.2 Å². The molecular weight excluding hydrogens is 1240 g/mol. The number of hydrogen-bond donors (Lipinski definition) is 1. The summed E-state index contributed by atoms with van der Waals surface area (Å²) in [5.74, 6) is 7.37. The van der Waals surface area contributed by atoms with Crippen molar-refractivity contribution >= 4 is 5.78 Å². The number of aliphatic hydroxyl groups is 1. The molecule has 3 aromatic rings. The van der Waals surface area contributed by atoms with Crippen molar-refractivity contribution in [3.05, 3.63) is 98.1 Å². The van der Waals surface area contributed by atoms with E-state index in [-0.39, 0.29) is 81.6 Å². The van der Waals surface area contributed by atoms with Crippen molar-refractivity contribution in [2.24, 2.45) is 50.4 Å². The first-order valence-corrected chi connectivity index (χ1v) is 37.4. The molecule has 1 unspecified atom stereocenters. The van der Waals surface area contributed by atoms with Crippen LogP contribution in [0.2, 0.25) is 0 Å². The van der Waals surface area contributed by atoms with Gasteiger partial charge in [0.05, 0.1) is 48.8 Å². The Balaban J connectivity index is 0.000000584. The Morgan fingerprint density at radius 1 is 0.410 bits per heavy atom. The first-order chi connectivity index (χ1) is 44.1. The third kappa shape index (κ3) is 28.0. The molecule has 0 saturated carbocycles. The fourth-order valence-corrected chi connectivity index (χ4v) is 12.9. The van der Waals surface area contributed by atoms with Crippen LogP contribution < -0.4 is 0 Å². The maximum atomic E-state index is 12.0. The average Bonchev–Trinajstić information content (AvgIpc) is 0.849. The highest BCUT2D eigenvalue weighted by Crippen LogP contribution is 2.48. The summed E-state index contributed by atoms with van der Waals surface area (Å²) in [7, 11) is 2.07. The van der Waals surface area contributed by atoms with Crippen molar-refractivity contribution in [1.29, 1.82) is 0 Å². The van der Waals surface area contributed by atoms with Crippen molar-refractivity contribution in [3.8, 4) is 0 Å². The lowest BCUT2D eigenvalue weighted by atomic mass is 9.70. The van der Waals surface area contributed by atoms with Gasteiger partial charge >= 0.3 is 0 Å². The number of ether oxygens (including phenoxy) is 5. The molecule has 4 aliphatic heterocycles. The lowest BCUT2D eigenvalue weighted by molar-refractivity contribution is -0.119. The van der Waals surface area contributed by atoms with Crippen LogP contribution in [0.1, 0.15) is 363 Å². The van der Waals surface area contributed by atoms with E-state index in [2.05, 4.69) is 318 Å². The molecule has 1 atom stereocenters. The summed E-state index contributed by atoms with van der Waals surface area (Å²) in [5.41, 5.74) is 9.28. The second-order valence-electron chi connectivity index (χ2n) is 43.0. The minimum Gasteiger partial charge on any atom is -0.497 e. The molecule has 13 heteroatoms. The van der Waals surface area contributed by atoms with Crippen molar-refractivity contribution < 1.29 is 42.5 Å². The number of rotatable bonds is 0. The highest BCUT2D eigenvalue weighted by atomic mass is 16.6. The molecule has 0 radical (unpaired) electrons. The SMILES string of the molecule is CC(C)(C)C1=C(C(C)(C)C)C(=O)CCO1.CC(C)(C)C1=C(C(C)(C)C)C(C)(O)CCO1.CC(C)(C)C1=C(C(C)(C)C)OCCC1.CC(C)(C)C1=C(C(C)(C)C)OCCO1.CC(C)(C)c1ncoc1C(C)(C)C.Cc1noc(C(C)(C)C)c1C(C)(C)C.Cn1cnc(C(C)(C)C)c1C(C)(C)C. The van der Waals surface area contributed by atoms with Gasteiger partial charge in [-0.3, -0.25) is 4.79 Å². The predicted octanol–water partition coefficient (Wildman–Crippen LogP) is 24.2. The van der Waals surface area contributed by atoms with E-state index in [1.54, 1.807) is 6.39 Å². The number of Topliss-reactive ketones (excluding diaryl/α,β-unsaturated/α-hetero) is 1. The highest BCUT2D eigenvalue weighted by molar-refractivity contribution is 5.97. The Hall–Kier alpha value is -4.78. The van der Waals surface area contributed by atoms with Crippen molar-refractivity contribution in [3.63, 3.8) is 0 Å². The van der Waals surface area contributed by atoms with Crippen molar-refractivity contribution in [2.45, 2.75) is 368 Å². The Bertz CT molecular complexity index is 3020. The van der Waals surface area contributed by atoms with Gasteiger partial charge in [0.15, 0.2) is 12.2 Å². The minimum absolute atomic E-state index is 0.0308. The van der Waals surface area contributed by atoms with Crippen LogP contribution in [0.3, 0.4) is 0 Å². The van der Waals surface area contributed by atoms with Crippen LogP contribution in [0.5, 0.6) is 0 Å². The summed E-state index contributed by atoms with van der Waals surface area (Å²) in [4.78, 5) is 20.8. The third-order valence-electron chi connectivity index (χ3n) is 17.0. The number of aromatic nitrogens is 4. The number of allylic oxidation sites excluding steroid dienone is 7. The molecule has 13 nitrogen and oxygen atoms in total. The number of carbonyl (C=O) groups is 1. The largest absolute Gasteiger partial charge is 0.497 e. The number of nitrogens with zero attached hydrogens (tertiary/aromatic N) is 4. The zero-order valence-corrected chi connectivity index (χ0v) is 73.5. The zero-order valence-electron chi connectivity index (χ0n) is 73.5. The topological polar surface area (TPSA) is 153 Å². The van der Waals surface area contributed by atoms with Gasteiger partial charge in [-0.1, -0.05) is 296 Å². The molecule has 0 amide bonds.